The van der Waals surface area contributed by atoms with E-state index in [1.807, 2.05) is 36.4 Å². The maximum atomic E-state index is 11.9. The van der Waals surface area contributed by atoms with E-state index in [4.69, 9.17) is 5.73 Å². The van der Waals surface area contributed by atoms with Crippen LogP contribution in [-0.2, 0) is 19.3 Å². The summed E-state index contributed by atoms with van der Waals surface area (Å²) in [5.74, 6) is -4.53. The highest BCUT2D eigenvalue weighted by molar-refractivity contribution is 5.23. The van der Waals surface area contributed by atoms with Crippen LogP contribution in [0.4, 0.5) is 0 Å². The number of nitrogens with two attached hydrogens (primary N) is 1. The molecule has 396 valence electrons. The molecule has 0 spiro atoms. The van der Waals surface area contributed by atoms with Gasteiger partial charge in [-0.1, -0.05) is 121 Å². The lowest BCUT2D eigenvalue weighted by Crippen LogP contribution is -2.58. The van der Waals surface area contributed by atoms with E-state index in [1.54, 1.807) is 0 Å². The summed E-state index contributed by atoms with van der Waals surface area (Å²) in [5, 5.41) is 117. The van der Waals surface area contributed by atoms with Crippen molar-refractivity contribution in [2.24, 2.45) is 11.7 Å². The Morgan fingerprint density at radius 2 is 1.03 bits per heavy atom. The average molecular weight is 991 g/mol. The van der Waals surface area contributed by atoms with Gasteiger partial charge in [0.25, 0.3) is 0 Å². The van der Waals surface area contributed by atoms with Gasteiger partial charge in [0.05, 0.1) is 51.6 Å². The van der Waals surface area contributed by atoms with E-state index in [2.05, 4.69) is 101 Å². The van der Waals surface area contributed by atoms with Crippen LogP contribution in [0.15, 0.2) is 121 Å². The minimum Gasteiger partial charge on any atom is -0.394 e. The quantitative estimate of drug-likeness (QED) is 0.0219. The maximum absolute atomic E-state index is 11.9. The second kappa shape index (κ2) is 33.1. The molecule has 0 heterocycles. The van der Waals surface area contributed by atoms with E-state index in [-0.39, 0.29) is 63.6 Å². The predicted octanol–water partition coefficient (Wildman–Crippen LogP) is 0.903. The zero-order valence-electron chi connectivity index (χ0n) is 41.6. The van der Waals surface area contributed by atoms with Gasteiger partial charge in [0.15, 0.2) is 11.6 Å². The normalized spacial score (nSPS) is 15.0. The molecule has 4 aromatic carbocycles. The second-order valence-corrected chi connectivity index (χ2v) is 19.4. The van der Waals surface area contributed by atoms with Gasteiger partial charge in [-0.2, -0.15) is 0 Å². The molecule has 15 N–H and O–H groups in total. The zero-order valence-corrected chi connectivity index (χ0v) is 41.6. The summed E-state index contributed by atoms with van der Waals surface area (Å²) >= 11 is 0. The molecule has 16 nitrogen and oxygen atoms in total. The summed E-state index contributed by atoms with van der Waals surface area (Å²) in [7, 11) is 0. The Kier molecular flexibility index (Phi) is 27.9. The lowest BCUT2D eigenvalue weighted by molar-refractivity contribution is -0.210. The van der Waals surface area contributed by atoms with Crippen LogP contribution in [0.5, 0.6) is 0 Å². The molecule has 0 amide bonds. The molecule has 0 aliphatic carbocycles. The first-order chi connectivity index (χ1) is 34.2. The highest BCUT2D eigenvalue weighted by Gasteiger charge is 2.36. The lowest BCUT2D eigenvalue weighted by Gasteiger charge is -2.38. The molecule has 0 bridgehead atoms. The number of rotatable bonds is 39. The molecule has 0 aliphatic heterocycles. The summed E-state index contributed by atoms with van der Waals surface area (Å²) in [6, 6.07) is 41.7. The van der Waals surface area contributed by atoms with Gasteiger partial charge in [-0.05, 0) is 118 Å². The van der Waals surface area contributed by atoms with Crippen molar-refractivity contribution < 1.29 is 51.1 Å². The molecule has 0 fully saturated rings. The number of aliphatic hydroxyl groups is 10. The fraction of sp³-hybridized carbons (Fsp3) is 0.564. The highest BCUT2D eigenvalue weighted by atomic mass is 16.5. The molecule has 16 heteroatoms. The van der Waals surface area contributed by atoms with Crippen LogP contribution >= 0.6 is 0 Å². The number of hydrogen-bond acceptors (Lipinski definition) is 16. The average Bonchev–Trinajstić information content (AvgIpc) is 3.37. The van der Waals surface area contributed by atoms with E-state index in [0.717, 1.165) is 37.7 Å². The first kappa shape index (κ1) is 59.8. The first-order valence-corrected chi connectivity index (χ1v) is 25.5. The van der Waals surface area contributed by atoms with Crippen molar-refractivity contribution in [3.63, 3.8) is 0 Å². The Labute approximate surface area is 421 Å². The van der Waals surface area contributed by atoms with Gasteiger partial charge in [0, 0.05) is 25.7 Å². The van der Waals surface area contributed by atoms with Crippen LogP contribution in [0.2, 0.25) is 0 Å². The molecular weight excluding hydrogens is 905 g/mol. The molecule has 0 radical (unpaired) electrons. The summed E-state index contributed by atoms with van der Waals surface area (Å²) < 4.78 is 0. The van der Waals surface area contributed by atoms with Crippen LogP contribution < -0.4 is 21.7 Å². The summed E-state index contributed by atoms with van der Waals surface area (Å²) in [4.78, 5) is 2.79. The van der Waals surface area contributed by atoms with Crippen molar-refractivity contribution in [2.75, 3.05) is 85.2 Å². The van der Waals surface area contributed by atoms with Crippen molar-refractivity contribution in [1.29, 1.82) is 0 Å². The van der Waals surface area contributed by atoms with Crippen molar-refractivity contribution >= 4 is 0 Å². The number of nitrogens with zero attached hydrogens (tertiary/aromatic N) is 2. The van der Waals surface area contributed by atoms with Gasteiger partial charge in [-0.15, -0.1) is 0 Å². The third-order valence-electron chi connectivity index (χ3n) is 13.0. The zero-order chi connectivity index (χ0) is 51.3. The van der Waals surface area contributed by atoms with Crippen LogP contribution in [0.1, 0.15) is 66.7 Å². The van der Waals surface area contributed by atoms with E-state index < -0.39 is 69.0 Å². The van der Waals surface area contributed by atoms with Gasteiger partial charge in [-0.3, -0.25) is 15.1 Å². The monoisotopic (exact) mass is 991 g/mol. The molecule has 6 unspecified atom stereocenters. The number of aryl methyl sites for hydroxylation is 3. The Balaban J connectivity index is 1.58. The van der Waals surface area contributed by atoms with E-state index >= 15 is 0 Å². The summed E-state index contributed by atoms with van der Waals surface area (Å²) in [6.07, 6.45) is 1.96. The molecule has 0 saturated heterocycles. The Morgan fingerprint density at radius 1 is 0.549 bits per heavy atom. The molecule has 6 atom stereocenters. The second-order valence-electron chi connectivity index (χ2n) is 19.4. The van der Waals surface area contributed by atoms with Gasteiger partial charge in [0.1, 0.15) is 12.3 Å². The van der Waals surface area contributed by atoms with E-state index in [1.165, 1.54) is 26.5 Å². The number of hydrogen-bond donors (Lipinski definition) is 14. The third kappa shape index (κ3) is 24.7. The van der Waals surface area contributed by atoms with Gasteiger partial charge in [0.2, 0.25) is 0 Å². The third-order valence-corrected chi connectivity index (χ3v) is 13.0. The topological polar surface area (TPSA) is 271 Å². The van der Waals surface area contributed by atoms with Crippen LogP contribution in [0.25, 0.3) is 0 Å². The van der Waals surface area contributed by atoms with E-state index in [9.17, 15) is 51.1 Å². The van der Waals surface area contributed by atoms with Crippen molar-refractivity contribution in [1.82, 2.24) is 25.8 Å². The molecule has 71 heavy (non-hydrogen) atoms. The minimum atomic E-state index is -2.54. The van der Waals surface area contributed by atoms with Gasteiger partial charge < -0.3 is 67.4 Å². The smallest absolute Gasteiger partial charge is 0.188 e. The first-order valence-electron chi connectivity index (χ1n) is 25.5. The molecular formula is C55H86N6O10. The molecule has 0 aromatic heterocycles. The van der Waals surface area contributed by atoms with Crippen LogP contribution in [-0.4, -0.2) is 188 Å². The van der Waals surface area contributed by atoms with Crippen molar-refractivity contribution in [3.8, 4) is 0 Å². The summed E-state index contributed by atoms with van der Waals surface area (Å²) in [5.41, 5.74) is 10.5. The summed E-state index contributed by atoms with van der Waals surface area (Å²) in [6.45, 7) is -1.98. The Bertz CT molecular complexity index is 1870. The molecule has 0 aliphatic rings. The fourth-order valence-corrected chi connectivity index (χ4v) is 9.33. The maximum Gasteiger partial charge on any atom is 0.188 e. The van der Waals surface area contributed by atoms with Crippen molar-refractivity contribution in [3.05, 3.63) is 144 Å². The predicted molar refractivity (Wildman–Crippen MR) is 278 cm³/mol. The number of benzene rings is 4. The molecule has 4 rings (SSSR count). The standard InChI is InChI=1S/C55H86N6O10/c56-29-13-30-57-34-52(66)53(67)58-31-14-32-60(41-55(70,71)42-61(35-49(64)37-62)36-50(65)38-63)40-54(68,69)39-59-48(28-25-45-19-9-3-10-20-45)33-51(46-21-11-4-12-22-46)47(26-23-43-15-5-1-6-16-43)27-24-44-17-7-2-8-18-44/h1-12,15-22,47-53,57-59,62-71H,13-14,23-42,56H2. The Hall–Kier alpha value is -3.76. The lowest BCUT2D eigenvalue weighted by atomic mass is 9.75. The highest BCUT2D eigenvalue weighted by Crippen LogP contribution is 2.37. The Morgan fingerprint density at radius 3 is 1.54 bits per heavy atom. The molecule has 4 aromatic rings. The minimum absolute atomic E-state index is 0.0901. The number of nitrogens with one attached hydrogen (secondary N) is 3. The largest absolute Gasteiger partial charge is 0.394 e. The van der Waals surface area contributed by atoms with Crippen LogP contribution in [0, 0.1) is 5.92 Å². The fourth-order valence-electron chi connectivity index (χ4n) is 9.33. The number of aliphatic hydroxyl groups excluding tert-OH is 6. The van der Waals surface area contributed by atoms with Crippen LogP contribution in [0.3, 0.4) is 0 Å². The molecule has 0 saturated carbocycles. The SMILES string of the molecule is NCCCNCC(O)C(O)NCCCN(CC(O)(O)CNC(CCc1ccccc1)CC(c1ccccc1)C(CCc1ccccc1)CCc1ccccc1)CC(O)(O)CN(CC(O)CO)CC(O)CO. The van der Waals surface area contributed by atoms with Gasteiger partial charge >= 0.3 is 0 Å². The van der Waals surface area contributed by atoms with Crippen molar-refractivity contribution in [2.45, 2.75) is 106 Å². The van der Waals surface area contributed by atoms with E-state index in [0.29, 0.717) is 32.4 Å². The van der Waals surface area contributed by atoms with Gasteiger partial charge in [-0.25, -0.2) is 0 Å².